The summed E-state index contributed by atoms with van der Waals surface area (Å²) in [6, 6.07) is 0.149. The summed E-state index contributed by atoms with van der Waals surface area (Å²) in [6.45, 7) is 3.53. The Labute approximate surface area is 134 Å². The first-order valence-corrected chi connectivity index (χ1v) is 8.35. The van der Waals surface area contributed by atoms with E-state index in [0.29, 0.717) is 19.5 Å². The molecular weight excluding hydrogens is 304 g/mol. The maximum atomic E-state index is 13.3. The maximum absolute atomic E-state index is 13.3. The first-order valence-electron chi connectivity index (χ1n) is 8.35. The second-order valence-corrected chi connectivity index (χ2v) is 6.59. The molecule has 128 valence electrons. The van der Waals surface area contributed by atoms with Crippen LogP contribution in [0.2, 0.25) is 0 Å². The number of piperidine rings is 1. The van der Waals surface area contributed by atoms with Crippen LogP contribution in [0.25, 0.3) is 0 Å². The zero-order chi connectivity index (χ0) is 16.6. The third kappa shape index (κ3) is 3.24. The smallest absolute Gasteiger partial charge is 0.356 e. The highest BCUT2D eigenvalue weighted by Gasteiger charge is 2.38. The molecule has 1 atom stereocenters. The van der Waals surface area contributed by atoms with Crippen LogP contribution in [0.4, 0.5) is 8.78 Å². The van der Waals surface area contributed by atoms with Gasteiger partial charge in [-0.25, -0.2) is 13.6 Å². The molecule has 2 heterocycles. The summed E-state index contributed by atoms with van der Waals surface area (Å²) in [7, 11) is 0. The molecule has 5 nitrogen and oxygen atoms in total. The van der Waals surface area contributed by atoms with Gasteiger partial charge in [0, 0.05) is 49.8 Å². The highest BCUT2D eigenvalue weighted by atomic mass is 19.3. The largest absolute Gasteiger partial charge is 0.476 e. The van der Waals surface area contributed by atoms with E-state index in [-0.39, 0.29) is 24.6 Å². The Hall–Kier alpha value is -1.50. The van der Waals surface area contributed by atoms with Crippen LogP contribution in [0.5, 0.6) is 0 Å². The molecule has 1 aromatic rings. The first kappa shape index (κ1) is 16.4. The van der Waals surface area contributed by atoms with Gasteiger partial charge in [0.1, 0.15) is 0 Å². The van der Waals surface area contributed by atoms with Crippen molar-refractivity contribution >= 4 is 5.97 Å². The van der Waals surface area contributed by atoms with Crippen molar-refractivity contribution in [3.63, 3.8) is 0 Å². The van der Waals surface area contributed by atoms with Gasteiger partial charge in [-0.1, -0.05) is 6.92 Å². The normalized spacial score (nSPS) is 24.4. The summed E-state index contributed by atoms with van der Waals surface area (Å²) < 4.78 is 28.5. The van der Waals surface area contributed by atoms with Crippen LogP contribution < -0.4 is 0 Å². The molecule has 1 aliphatic carbocycles. The summed E-state index contributed by atoms with van der Waals surface area (Å²) in [4.78, 5) is 13.6. The average Bonchev–Trinajstić information content (AvgIpc) is 2.86. The van der Waals surface area contributed by atoms with Crippen molar-refractivity contribution in [2.45, 2.75) is 64.0 Å². The highest BCUT2D eigenvalue weighted by molar-refractivity contribution is 5.87. The van der Waals surface area contributed by atoms with Crippen molar-refractivity contribution in [2.24, 2.45) is 0 Å². The number of hydrogen-bond donors (Lipinski definition) is 1. The molecule has 1 aromatic heterocycles. The SMILES string of the molecule is CCCn1nc(C(=O)O)c2c1CCC(N1CCC(F)(F)CC1)C2. The highest BCUT2D eigenvalue weighted by Crippen LogP contribution is 2.33. The standard InChI is InChI=1S/C16H23F2N3O2/c1-2-7-21-13-4-3-11(10-12(13)14(19-21)15(22)23)20-8-5-16(17,18)6-9-20/h11H,2-10H2,1H3,(H,22,23). The van der Waals surface area contributed by atoms with Gasteiger partial charge >= 0.3 is 5.97 Å². The number of aromatic carboxylic acids is 1. The van der Waals surface area contributed by atoms with Gasteiger partial charge in [0.15, 0.2) is 5.69 Å². The molecule has 1 N–H and O–H groups in total. The fourth-order valence-electron chi connectivity index (χ4n) is 3.77. The minimum absolute atomic E-state index is 0.1000. The number of alkyl halides is 2. The Balaban J connectivity index is 1.79. The van der Waals surface area contributed by atoms with E-state index in [0.717, 1.165) is 37.1 Å². The van der Waals surface area contributed by atoms with Gasteiger partial charge in [0.05, 0.1) is 0 Å². The van der Waals surface area contributed by atoms with Gasteiger partial charge in [-0.05, 0) is 25.7 Å². The number of hydrogen-bond acceptors (Lipinski definition) is 3. The third-order valence-corrected chi connectivity index (χ3v) is 5.00. The summed E-state index contributed by atoms with van der Waals surface area (Å²) in [5.41, 5.74) is 1.96. The van der Waals surface area contributed by atoms with E-state index in [1.54, 1.807) is 0 Å². The number of fused-ring (bicyclic) bond motifs is 1. The first-order chi connectivity index (χ1) is 10.9. The lowest BCUT2D eigenvalue weighted by Crippen LogP contribution is -2.47. The predicted octanol–water partition coefficient (Wildman–Crippen LogP) is 2.58. The average molecular weight is 327 g/mol. The third-order valence-electron chi connectivity index (χ3n) is 5.00. The molecule has 2 aliphatic rings. The van der Waals surface area contributed by atoms with Gasteiger partial charge in [-0.2, -0.15) is 5.10 Å². The molecular formula is C16H23F2N3O2. The summed E-state index contributed by atoms with van der Waals surface area (Å²) in [5.74, 6) is -3.55. The number of aromatic nitrogens is 2. The minimum atomic E-state index is -2.55. The summed E-state index contributed by atoms with van der Waals surface area (Å²) >= 11 is 0. The van der Waals surface area contributed by atoms with Gasteiger partial charge in [-0.15, -0.1) is 0 Å². The van der Waals surface area contributed by atoms with Crippen LogP contribution in [0.3, 0.4) is 0 Å². The molecule has 0 amide bonds. The van der Waals surface area contributed by atoms with Crippen molar-refractivity contribution in [3.05, 3.63) is 17.0 Å². The van der Waals surface area contributed by atoms with E-state index < -0.39 is 11.9 Å². The molecule has 0 aromatic carbocycles. The molecule has 7 heteroatoms. The summed E-state index contributed by atoms with van der Waals surface area (Å²) in [5, 5.41) is 13.7. The lowest BCUT2D eigenvalue weighted by atomic mass is 9.89. The van der Waals surface area contributed by atoms with E-state index in [9.17, 15) is 18.7 Å². The lowest BCUT2D eigenvalue weighted by molar-refractivity contribution is -0.0639. The van der Waals surface area contributed by atoms with Crippen molar-refractivity contribution in [3.8, 4) is 0 Å². The molecule has 23 heavy (non-hydrogen) atoms. The van der Waals surface area contributed by atoms with Crippen molar-refractivity contribution in [1.29, 1.82) is 0 Å². The Morgan fingerprint density at radius 1 is 1.39 bits per heavy atom. The van der Waals surface area contributed by atoms with Gasteiger partial charge in [0.2, 0.25) is 0 Å². The van der Waals surface area contributed by atoms with Crippen LogP contribution in [0, 0.1) is 0 Å². The van der Waals surface area contributed by atoms with Crippen molar-refractivity contribution < 1.29 is 18.7 Å². The molecule has 0 saturated carbocycles. The number of likely N-dealkylation sites (tertiary alicyclic amines) is 1. The zero-order valence-corrected chi connectivity index (χ0v) is 13.4. The van der Waals surface area contributed by atoms with E-state index in [2.05, 4.69) is 10.00 Å². The second-order valence-electron chi connectivity index (χ2n) is 6.59. The van der Waals surface area contributed by atoms with Crippen LogP contribution in [0.1, 0.15) is 54.4 Å². The monoisotopic (exact) mass is 327 g/mol. The number of carboxylic acid groups (broad SMARTS) is 1. The van der Waals surface area contributed by atoms with E-state index in [4.69, 9.17) is 0 Å². The van der Waals surface area contributed by atoms with Gasteiger partial charge in [0.25, 0.3) is 5.92 Å². The molecule has 1 unspecified atom stereocenters. The number of carboxylic acids is 1. The van der Waals surface area contributed by atoms with Gasteiger partial charge < -0.3 is 5.11 Å². The number of aryl methyl sites for hydroxylation is 1. The Morgan fingerprint density at radius 2 is 2.09 bits per heavy atom. The Bertz CT molecular complexity index is 590. The molecule has 1 saturated heterocycles. The van der Waals surface area contributed by atoms with Crippen LogP contribution >= 0.6 is 0 Å². The van der Waals surface area contributed by atoms with Gasteiger partial charge in [-0.3, -0.25) is 9.58 Å². The molecule has 1 aliphatic heterocycles. The van der Waals surface area contributed by atoms with Crippen molar-refractivity contribution in [2.75, 3.05) is 13.1 Å². The van der Waals surface area contributed by atoms with Crippen LogP contribution in [-0.2, 0) is 19.4 Å². The second kappa shape index (κ2) is 6.19. The minimum Gasteiger partial charge on any atom is -0.476 e. The molecule has 3 rings (SSSR count). The quantitative estimate of drug-likeness (QED) is 0.923. The number of nitrogens with zero attached hydrogens (tertiary/aromatic N) is 3. The number of carbonyl (C=O) groups is 1. The Morgan fingerprint density at radius 3 is 2.70 bits per heavy atom. The lowest BCUT2D eigenvalue weighted by Gasteiger charge is -2.39. The molecule has 1 fully saturated rings. The van der Waals surface area contributed by atoms with Crippen LogP contribution in [-0.4, -0.2) is 50.8 Å². The Kier molecular flexibility index (Phi) is 4.40. The molecule has 0 radical (unpaired) electrons. The van der Waals surface area contributed by atoms with Crippen LogP contribution in [0.15, 0.2) is 0 Å². The maximum Gasteiger partial charge on any atom is 0.356 e. The number of rotatable bonds is 4. The topological polar surface area (TPSA) is 58.4 Å². The number of halogens is 2. The van der Waals surface area contributed by atoms with Crippen molar-refractivity contribution in [1.82, 2.24) is 14.7 Å². The molecule has 0 bridgehead atoms. The van der Waals surface area contributed by atoms with E-state index in [1.165, 1.54) is 0 Å². The zero-order valence-electron chi connectivity index (χ0n) is 13.4. The fraction of sp³-hybridized carbons (Fsp3) is 0.750. The van der Waals surface area contributed by atoms with E-state index >= 15 is 0 Å². The summed E-state index contributed by atoms with van der Waals surface area (Å²) in [6.07, 6.45) is 2.96. The molecule has 0 spiro atoms. The predicted molar refractivity (Wildman–Crippen MR) is 81.0 cm³/mol. The fourth-order valence-corrected chi connectivity index (χ4v) is 3.77. The van der Waals surface area contributed by atoms with E-state index in [1.807, 2.05) is 11.6 Å².